The van der Waals surface area contributed by atoms with Gasteiger partial charge < -0.3 is 24.8 Å². The molecule has 0 radical (unpaired) electrons. The number of ether oxygens (including phenoxy) is 3. The summed E-state index contributed by atoms with van der Waals surface area (Å²) < 4.78 is 16.1. The molecule has 2 N–H and O–H groups in total. The maximum Gasteiger partial charge on any atom is 0.249 e. The molecular formula is C31H38N2O7. The molecule has 0 bridgehead atoms. The van der Waals surface area contributed by atoms with E-state index in [1.54, 1.807) is 33.1 Å². The molecule has 5 atom stereocenters. The number of hydrogen-bond donors (Lipinski definition) is 2. The number of rotatable bonds is 14. The van der Waals surface area contributed by atoms with Gasteiger partial charge in [0.1, 0.15) is 17.5 Å². The van der Waals surface area contributed by atoms with E-state index in [1.807, 2.05) is 42.5 Å². The molecule has 2 aromatic rings. The zero-order valence-electron chi connectivity index (χ0n) is 23.3. The van der Waals surface area contributed by atoms with Crippen LogP contribution in [-0.4, -0.2) is 67.5 Å². The summed E-state index contributed by atoms with van der Waals surface area (Å²) in [5, 5.41) is 5.66. The molecule has 0 unspecified atom stereocenters. The van der Waals surface area contributed by atoms with Gasteiger partial charge in [-0.15, -0.1) is 0 Å². The highest BCUT2D eigenvalue weighted by molar-refractivity contribution is 5.98. The average Bonchev–Trinajstić information content (AvgIpc) is 3.47. The zero-order chi connectivity index (χ0) is 28.7. The quantitative estimate of drug-likeness (QED) is 0.347. The Kier molecular flexibility index (Phi) is 9.71. The topological polar surface area (TPSA) is 123 Å². The number of Topliss-reactive ketones (excluding diaryl/α,β-unsaturated/α-hetero) is 2. The molecule has 2 aliphatic rings. The smallest absolute Gasteiger partial charge is 0.249 e. The van der Waals surface area contributed by atoms with E-state index in [0.717, 1.165) is 17.5 Å². The van der Waals surface area contributed by atoms with Crippen LogP contribution in [0.1, 0.15) is 44.2 Å². The highest BCUT2D eigenvalue weighted by Crippen LogP contribution is 2.29. The molecule has 0 aromatic heterocycles. The number of hydrogen-bond acceptors (Lipinski definition) is 7. The van der Waals surface area contributed by atoms with Crippen LogP contribution in [0, 0.1) is 5.92 Å². The minimum Gasteiger partial charge on any atom is -0.497 e. The predicted octanol–water partition coefficient (Wildman–Crippen LogP) is 2.58. The number of epoxide rings is 1. The molecule has 2 amide bonds. The Morgan fingerprint density at radius 3 is 2.27 bits per heavy atom. The lowest BCUT2D eigenvalue weighted by Crippen LogP contribution is -2.50. The van der Waals surface area contributed by atoms with Crippen molar-refractivity contribution in [2.75, 3.05) is 20.3 Å². The number of carbonyl (C=O) groups is 4. The third kappa shape index (κ3) is 7.76. The monoisotopic (exact) mass is 550 g/mol. The van der Waals surface area contributed by atoms with Crippen molar-refractivity contribution in [2.45, 2.75) is 69.7 Å². The van der Waals surface area contributed by atoms with Crippen LogP contribution in [0.5, 0.6) is 5.75 Å². The second-order valence-electron chi connectivity index (χ2n) is 10.8. The van der Waals surface area contributed by atoms with Crippen LogP contribution in [0.15, 0.2) is 54.6 Å². The molecule has 2 heterocycles. The van der Waals surface area contributed by atoms with E-state index >= 15 is 0 Å². The van der Waals surface area contributed by atoms with Crippen molar-refractivity contribution in [1.82, 2.24) is 10.6 Å². The minimum atomic E-state index is -0.921. The van der Waals surface area contributed by atoms with Gasteiger partial charge in [0.15, 0.2) is 11.6 Å². The summed E-state index contributed by atoms with van der Waals surface area (Å²) in [6.45, 7) is 4.17. The van der Waals surface area contributed by atoms with Gasteiger partial charge in [0.05, 0.1) is 25.8 Å². The fourth-order valence-electron chi connectivity index (χ4n) is 4.86. The van der Waals surface area contributed by atoms with Crippen LogP contribution < -0.4 is 15.4 Å². The van der Waals surface area contributed by atoms with Gasteiger partial charge in [0.2, 0.25) is 11.8 Å². The van der Waals surface area contributed by atoms with Crippen molar-refractivity contribution < 1.29 is 33.4 Å². The van der Waals surface area contributed by atoms with Crippen LogP contribution in [-0.2, 0) is 41.5 Å². The van der Waals surface area contributed by atoms with Crippen molar-refractivity contribution in [2.24, 2.45) is 5.92 Å². The lowest BCUT2D eigenvalue weighted by Gasteiger charge is -2.24. The van der Waals surface area contributed by atoms with E-state index in [1.165, 1.54) is 0 Å². The largest absolute Gasteiger partial charge is 0.497 e. The Balaban J connectivity index is 1.50. The van der Waals surface area contributed by atoms with Gasteiger partial charge in [-0.25, -0.2) is 0 Å². The summed E-state index contributed by atoms with van der Waals surface area (Å²) in [6.07, 6.45) is 1.34. The van der Waals surface area contributed by atoms with Crippen LogP contribution in [0.25, 0.3) is 0 Å². The molecule has 2 aromatic carbocycles. The van der Waals surface area contributed by atoms with Crippen LogP contribution in [0.2, 0.25) is 0 Å². The van der Waals surface area contributed by atoms with Crippen LogP contribution >= 0.6 is 0 Å². The first kappa shape index (κ1) is 29.4. The minimum absolute atomic E-state index is 0.106. The second-order valence-corrected chi connectivity index (χ2v) is 10.8. The average molecular weight is 551 g/mol. The van der Waals surface area contributed by atoms with E-state index in [2.05, 4.69) is 10.6 Å². The van der Waals surface area contributed by atoms with Gasteiger partial charge in [-0.05, 0) is 62.8 Å². The fourth-order valence-corrected chi connectivity index (χ4v) is 4.86. The fraction of sp³-hybridized carbons (Fsp3) is 0.484. The third-order valence-corrected chi connectivity index (χ3v) is 7.54. The molecule has 9 heteroatoms. The lowest BCUT2D eigenvalue weighted by molar-refractivity contribution is -0.135. The molecule has 9 nitrogen and oxygen atoms in total. The van der Waals surface area contributed by atoms with Gasteiger partial charge in [0, 0.05) is 18.9 Å². The summed E-state index contributed by atoms with van der Waals surface area (Å²) in [7, 11) is 1.57. The van der Waals surface area contributed by atoms with Gasteiger partial charge in [-0.1, -0.05) is 42.5 Å². The molecule has 214 valence electrons. The highest BCUT2D eigenvalue weighted by atomic mass is 16.6. The number of methoxy groups -OCH3 is 1. The summed E-state index contributed by atoms with van der Waals surface area (Å²) in [6, 6.07) is 15.1. The summed E-state index contributed by atoms with van der Waals surface area (Å²) in [5.41, 5.74) is 0.821. The summed E-state index contributed by atoms with van der Waals surface area (Å²) in [5.74, 6) is -1.28. The molecule has 0 saturated carbocycles. The van der Waals surface area contributed by atoms with Crippen molar-refractivity contribution in [3.8, 4) is 5.75 Å². The molecule has 0 aliphatic carbocycles. The maximum absolute atomic E-state index is 13.7. The van der Waals surface area contributed by atoms with E-state index in [-0.39, 0.29) is 30.3 Å². The lowest BCUT2D eigenvalue weighted by atomic mass is 9.89. The SMILES string of the molecule is COc1ccc(C[C@H](CC(=O)[C@H](C)NC(=O)[C@H]2CCCO2)C(=O)N[C@@H](Cc2ccccc2)C(=O)[C@@]2(C)CO2)cc1. The van der Waals surface area contributed by atoms with E-state index in [4.69, 9.17) is 14.2 Å². The normalized spacial score (nSPS) is 22.0. The molecule has 0 spiro atoms. The molecule has 40 heavy (non-hydrogen) atoms. The van der Waals surface area contributed by atoms with Gasteiger partial charge >= 0.3 is 0 Å². The van der Waals surface area contributed by atoms with E-state index in [9.17, 15) is 19.2 Å². The van der Waals surface area contributed by atoms with Gasteiger partial charge in [-0.3, -0.25) is 19.2 Å². The molecular weight excluding hydrogens is 512 g/mol. The summed E-state index contributed by atoms with van der Waals surface area (Å²) in [4.78, 5) is 52.8. The highest BCUT2D eigenvalue weighted by Gasteiger charge is 2.50. The van der Waals surface area contributed by atoms with Gasteiger partial charge in [-0.2, -0.15) is 0 Å². The molecule has 4 rings (SSSR count). The molecule has 2 saturated heterocycles. The Bertz CT molecular complexity index is 1190. The van der Waals surface area contributed by atoms with E-state index in [0.29, 0.717) is 31.8 Å². The Labute approximate surface area is 234 Å². The first-order valence-electron chi connectivity index (χ1n) is 13.8. The van der Waals surface area contributed by atoms with Crippen LogP contribution in [0.3, 0.4) is 0 Å². The zero-order valence-corrected chi connectivity index (χ0v) is 23.3. The van der Waals surface area contributed by atoms with Crippen molar-refractivity contribution in [3.63, 3.8) is 0 Å². The third-order valence-electron chi connectivity index (χ3n) is 7.54. The Morgan fingerprint density at radius 2 is 1.68 bits per heavy atom. The second kappa shape index (κ2) is 13.2. The first-order valence-corrected chi connectivity index (χ1v) is 13.8. The number of ketones is 2. The molecule has 2 fully saturated rings. The van der Waals surface area contributed by atoms with E-state index < -0.39 is 35.6 Å². The Morgan fingerprint density at radius 1 is 1.00 bits per heavy atom. The number of carbonyl (C=O) groups excluding carboxylic acids is 4. The van der Waals surface area contributed by atoms with Crippen molar-refractivity contribution in [1.29, 1.82) is 0 Å². The standard InChI is InChI=1S/C31H38N2O7/c1-20(32-30(37)27-10-7-15-39-27)26(34)18-23(16-22-11-13-24(38-3)14-12-22)29(36)33-25(28(35)31(2)19-40-31)17-21-8-5-4-6-9-21/h4-6,8-9,11-14,20,23,25,27H,7,10,15-19H2,1-3H3,(H,32,37)(H,33,36)/t20-,23+,25-,27+,31+/m0/s1. The Hall–Kier alpha value is -3.56. The maximum atomic E-state index is 13.7. The first-order chi connectivity index (χ1) is 19.2. The van der Waals surface area contributed by atoms with Crippen molar-refractivity contribution >= 4 is 23.4 Å². The number of benzene rings is 2. The van der Waals surface area contributed by atoms with Gasteiger partial charge in [0.25, 0.3) is 0 Å². The molecule has 2 aliphatic heterocycles. The van der Waals surface area contributed by atoms with Crippen LogP contribution in [0.4, 0.5) is 0 Å². The predicted molar refractivity (Wildman–Crippen MR) is 148 cm³/mol. The van der Waals surface area contributed by atoms with Crippen molar-refractivity contribution in [3.05, 3.63) is 65.7 Å². The summed E-state index contributed by atoms with van der Waals surface area (Å²) >= 11 is 0. The number of nitrogens with one attached hydrogen (secondary N) is 2. The number of amides is 2.